The first-order chi connectivity index (χ1) is 13.9. The highest BCUT2D eigenvalue weighted by Gasteiger charge is 2.13. The molecular weight excluding hydrogens is 545 g/mol. The highest BCUT2D eigenvalue weighted by atomic mass is 127. The van der Waals surface area contributed by atoms with Crippen LogP contribution < -0.4 is 5.43 Å². The van der Waals surface area contributed by atoms with Gasteiger partial charge in [-0.3, -0.25) is 4.79 Å². The molecule has 7 heteroatoms. The summed E-state index contributed by atoms with van der Waals surface area (Å²) < 4.78 is 9.86. The van der Waals surface area contributed by atoms with Crippen molar-refractivity contribution in [1.29, 1.82) is 0 Å². The Morgan fingerprint density at radius 1 is 1.17 bits per heavy atom. The van der Waals surface area contributed by atoms with Gasteiger partial charge in [0, 0.05) is 36.1 Å². The molecule has 0 aliphatic rings. The molecule has 4 rings (SSSR count). The van der Waals surface area contributed by atoms with Crippen LogP contribution in [-0.2, 0) is 0 Å². The summed E-state index contributed by atoms with van der Waals surface area (Å²) in [5, 5.41) is 4.98. The van der Waals surface area contributed by atoms with Gasteiger partial charge in [-0.15, -0.1) is 0 Å². The van der Waals surface area contributed by atoms with E-state index in [2.05, 4.69) is 78.7 Å². The zero-order chi connectivity index (χ0) is 20.5. The number of hydrogen-bond donors (Lipinski definition) is 1. The maximum atomic E-state index is 12.4. The molecular formula is C22H17BrIN3O2. The molecule has 5 nitrogen and oxygen atoms in total. The number of hydrazone groups is 1. The number of nitrogens with zero attached hydrogens (tertiary/aromatic N) is 2. The smallest absolute Gasteiger partial charge is 0.307 e. The van der Waals surface area contributed by atoms with Crippen LogP contribution in [-0.4, -0.2) is 16.7 Å². The molecule has 0 radical (unpaired) electrons. The molecule has 0 aliphatic heterocycles. The first kappa shape index (κ1) is 19.9. The summed E-state index contributed by atoms with van der Waals surface area (Å²) in [7, 11) is 0. The number of aromatic nitrogens is 1. The number of amides is 1. The normalized spacial score (nSPS) is 11.4. The van der Waals surface area contributed by atoms with Crippen molar-refractivity contribution >= 4 is 61.6 Å². The first-order valence-corrected chi connectivity index (χ1v) is 10.8. The van der Waals surface area contributed by atoms with Gasteiger partial charge in [-0.05, 0) is 85.0 Å². The van der Waals surface area contributed by atoms with Crippen LogP contribution in [0, 0.1) is 17.4 Å². The van der Waals surface area contributed by atoms with Gasteiger partial charge in [-0.25, -0.2) is 5.43 Å². The lowest BCUT2D eigenvalue weighted by Crippen LogP contribution is -2.16. The number of furan rings is 1. The predicted octanol–water partition coefficient (Wildman–Crippen LogP) is 5.97. The molecule has 0 saturated heterocycles. The molecule has 4 aromatic rings. The third kappa shape index (κ3) is 4.16. The van der Waals surface area contributed by atoms with Crippen LogP contribution >= 0.6 is 38.5 Å². The number of carbonyl (C=O) groups is 1. The summed E-state index contributed by atoms with van der Waals surface area (Å²) in [6.07, 6.45) is 1.66. The van der Waals surface area contributed by atoms with Crippen LogP contribution in [0.1, 0.15) is 27.5 Å². The van der Waals surface area contributed by atoms with E-state index < -0.39 is 0 Å². The molecule has 0 spiro atoms. The summed E-state index contributed by atoms with van der Waals surface area (Å²) in [6, 6.07) is 17.6. The summed E-state index contributed by atoms with van der Waals surface area (Å²) >= 11 is 5.72. The second kappa shape index (κ2) is 8.16. The minimum absolute atomic E-state index is 0.222. The highest BCUT2D eigenvalue weighted by molar-refractivity contribution is 14.1. The SMILES string of the molecule is Cc1cc(/C=N/NC(=O)c2cc3cc(Br)ccc3o2)c(C)n1-c1cccc(I)c1. The fraction of sp³-hybridized carbons (Fsp3) is 0.0909. The number of nitrogens with one attached hydrogen (secondary N) is 1. The van der Waals surface area contributed by atoms with E-state index in [9.17, 15) is 4.79 Å². The Bertz CT molecular complexity index is 1260. The summed E-state index contributed by atoms with van der Waals surface area (Å²) in [5.74, 6) is -0.167. The summed E-state index contributed by atoms with van der Waals surface area (Å²) in [5.41, 5.74) is 7.39. The monoisotopic (exact) mass is 561 g/mol. The van der Waals surface area contributed by atoms with Crippen LogP contribution in [0.4, 0.5) is 0 Å². The van der Waals surface area contributed by atoms with E-state index in [0.29, 0.717) is 5.58 Å². The molecule has 0 aliphatic carbocycles. The van der Waals surface area contributed by atoms with Crippen molar-refractivity contribution < 1.29 is 9.21 Å². The largest absolute Gasteiger partial charge is 0.451 e. The van der Waals surface area contributed by atoms with E-state index in [1.165, 1.54) is 3.57 Å². The standard InChI is InChI=1S/C22H17BrIN3O2/c1-13-8-16(14(2)27(13)19-5-3-4-18(24)11-19)12-25-26-22(28)21-10-15-9-17(23)6-7-20(15)29-21/h3-12H,1-2H3,(H,26,28)/b25-12+. The molecule has 0 saturated carbocycles. The fourth-order valence-electron chi connectivity index (χ4n) is 3.27. The molecule has 0 unspecified atom stereocenters. The molecule has 1 amide bonds. The Balaban J connectivity index is 1.53. The maximum Gasteiger partial charge on any atom is 0.307 e. The van der Waals surface area contributed by atoms with Gasteiger partial charge in [-0.2, -0.15) is 5.10 Å². The second-order valence-electron chi connectivity index (χ2n) is 6.63. The van der Waals surface area contributed by atoms with Crippen molar-refractivity contribution in [3.63, 3.8) is 0 Å². The number of rotatable bonds is 4. The zero-order valence-electron chi connectivity index (χ0n) is 15.7. The number of hydrogen-bond acceptors (Lipinski definition) is 3. The van der Waals surface area contributed by atoms with Gasteiger partial charge >= 0.3 is 5.91 Å². The highest BCUT2D eigenvalue weighted by Crippen LogP contribution is 2.24. The van der Waals surface area contributed by atoms with E-state index in [1.54, 1.807) is 12.3 Å². The van der Waals surface area contributed by atoms with Crippen molar-refractivity contribution in [1.82, 2.24) is 9.99 Å². The van der Waals surface area contributed by atoms with E-state index in [4.69, 9.17) is 4.42 Å². The number of fused-ring (bicyclic) bond motifs is 1. The molecule has 29 heavy (non-hydrogen) atoms. The van der Waals surface area contributed by atoms with Gasteiger partial charge in [0.1, 0.15) is 5.58 Å². The average molecular weight is 562 g/mol. The number of aryl methyl sites for hydroxylation is 1. The van der Waals surface area contributed by atoms with Gasteiger partial charge in [0.15, 0.2) is 5.76 Å². The van der Waals surface area contributed by atoms with Crippen molar-refractivity contribution in [2.24, 2.45) is 5.10 Å². The molecule has 1 N–H and O–H groups in total. The van der Waals surface area contributed by atoms with Gasteiger partial charge in [0.25, 0.3) is 0 Å². The van der Waals surface area contributed by atoms with Crippen LogP contribution in [0.15, 0.2) is 68.6 Å². The molecule has 2 heterocycles. The summed E-state index contributed by atoms with van der Waals surface area (Å²) in [4.78, 5) is 12.4. The lowest BCUT2D eigenvalue weighted by molar-refractivity contribution is 0.0929. The Labute approximate surface area is 190 Å². The molecule has 146 valence electrons. The van der Waals surface area contributed by atoms with Crippen molar-refractivity contribution in [3.8, 4) is 5.69 Å². The van der Waals surface area contributed by atoms with Gasteiger partial charge in [0.05, 0.1) is 6.21 Å². The van der Waals surface area contributed by atoms with E-state index in [-0.39, 0.29) is 11.7 Å². The number of halogens is 2. The van der Waals surface area contributed by atoms with E-state index in [0.717, 1.165) is 32.5 Å². The quantitative estimate of drug-likeness (QED) is 0.189. The fourth-order valence-corrected chi connectivity index (χ4v) is 4.18. The molecule has 0 atom stereocenters. The molecule has 0 bridgehead atoms. The van der Waals surface area contributed by atoms with Crippen molar-refractivity contribution in [3.05, 3.63) is 85.4 Å². The second-order valence-corrected chi connectivity index (χ2v) is 8.79. The van der Waals surface area contributed by atoms with Crippen LogP contribution in [0.3, 0.4) is 0 Å². The first-order valence-electron chi connectivity index (χ1n) is 8.90. The van der Waals surface area contributed by atoms with Crippen LogP contribution in [0.5, 0.6) is 0 Å². The summed E-state index contributed by atoms with van der Waals surface area (Å²) in [6.45, 7) is 4.09. The minimum Gasteiger partial charge on any atom is -0.451 e. The number of carbonyl (C=O) groups excluding carboxylic acids is 1. The maximum absolute atomic E-state index is 12.4. The van der Waals surface area contributed by atoms with E-state index >= 15 is 0 Å². The average Bonchev–Trinajstić information content (AvgIpc) is 3.22. The lowest BCUT2D eigenvalue weighted by Gasteiger charge is -2.09. The lowest BCUT2D eigenvalue weighted by atomic mass is 10.2. The van der Waals surface area contributed by atoms with Crippen LogP contribution in [0.25, 0.3) is 16.7 Å². The van der Waals surface area contributed by atoms with Crippen molar-refractivity contribution in [2.75, 3.05) is 0 Å². The predicted molar refractivity (Wildman–Crippen MR) is 127 cm³/mol. The van der Waals surface area contributed by atoms with Gasteiger partial charge < -0.3 is 8.98 Å². The number of benzene rings is 2. The van der Waals surface area contributed by atoms with Crippen LogP contribution in [0.2, 0.25) is 0 Å². The third-order valence-electron chi connectivity index (χ3n) is 4.61. The Kier molecular flexibility index (Phi) is 5.60. The molecule has 0 fully saturated rings. The Morgan fingerprint density at radius 3 is 2.79 bits per heavy atom. The minimum atomic E-state index is -0.389. The molecule has 2 aromatic heterocycles. The Hall–Kier alpha value is -2.39. The molecule has 2 aromatic carbocycles. The van der Waals surface area contributed by atoms with Gasteiger partial charge in [-0.1, -0.05) is 22.0 Å². The third-order valence-corrected chi connectivity index (χ3v) is 5.77. The van der Waals surface area contributed by atoms with Crippen molar-refractivity contribution in [2.45, 2.75) is 13.8 Å². The Morgan fingerprint density at radius 2 is 2.00 bits per heavy atom. The van der Waals surface area contributed by atoms with Gasteiger partial charge in [0.2, 0.25) is 0 Å². The topological polar surface area (TPSA) is 59.5 Å². The van der Waals surface area contributed by atoms with E-state index in [1.807, 2.05) is 37.3 Å². The zero-order valence-corrected chi connectivity index (χ0v) is 19.5.